The number of ether oxygens (including phenoxy) is 2. The highest BCUT2D eigenvalue weighted by Gasteiger charge is 2.27. The van der Waals surface area contributed by atoms with E-state index in [0.717, 1.165) is 25.7 Å². The van der Waals surface area contributed by atoms with Crippen LogP contribution in [-0.4, -0.2) is 35.4 Å². The van der Waals surface area contributed by atoms with Gasteiger partial charge in [-0.25, -0.2) is 4.79 Å². The Bertz CT molecular complexity index is 439. The van der Waals surface area contributed by atoms with Gasteiger partial charge in [0.05, 0.1) is 12.6 Å². The lowest BCUT2D eigenvalue weighted by Gasteiger charge is -2.27. The zero-order chi connectivity index (χ0) is 14.4. The van der Waals surface area contributed by atoms with Crippen molar-refractivity contribution in [2.45, 2.75) is 44.1 Å². The van der Waals surface area contributed by atoms with Crippen molar-refractivity contribution in [2.24, 2.45) is 5.73 Å². The number of nitrogens with zero attached hydrogens (tertiary/aromatic N) is 2. The summed E-state index contributed by atoms with van der Waals surface area (Å²) in [6, 6.07) is 3.14. The second-order valence-corrected chi connectivity index (χ2v) is 5.31. The first-order valence-electron chi connectivity index (χ1n) is 6.97. The van der Waals surface area contributed by atoms with E-state index in [1.807, 2.05) is 0 Å². The Hall–Kier alpha value is -1.69. The Labute approximate surface area is 118 Å². The third kappa shape index (κ3) is 3.90. The molecule has 1 fully saturated rings. The van der Waals surface area contributed by atoms with Gasteiger partial charge in [-0.15, -0.1) is 10.2 Å². The highest BCUT2D eigenvalue weighted by Crippen LogP contribution is 2.25. The molecule has 0 radical (unpaired) electrons. The largest absolute Gasteiger partial charge is 0.475 e. The highest BCUT2D eigenvalue weighted by molar-refractivity contribution is 5.86. The minimum absolute atomic E-state index is 0.164. The topological polar surface area (TPSA) is 87.3 Å². The molecule has 0 spiro atoms. The van der Waals surface area contributed by atoms with Gasteiger partial charge in [0.1, 0.15) is 6.61 Å². The second kappa shape index (κ2) is 6.65. The fraction of sp³-hybridized carbons (Fsp3) is 0.643. The Balaban J connectivity index is 1.91. The molecule has 0 unspecified atom stereocenters. The van der Waals surface area contributed by atoms with E-state index in [1.165, 1.54) is 26.0 Å². The van der Waals surface area contributed by atoms with Gasteiger partial charge in [-0.1, -0.05) is 25.7 Å². The van der Waals surface area contributed by atoms with E-state index in [4.69, 9.17) is 10.5 Å². The second-order valence-electron chi connectivity index (χ2n) is 5.31. The van der Waals surface area contributed by atoms with Crippen LogP contribution < -0.4 is 10.5 Å². The third-order valence-electron chi connectivity index (χ3n) is 3.64. The van der Waals surface area contributed by atoms with Gasteiger partial charge in [-0.05, 0) is 18.9 Å². The summed E-state index contributed by atoms with van der Waals surface area (Å²) >= 11 is 0. The molecule has 6 nitrogen and oxygen atoms in total. The maximum atomic E-state index is 11.2. The summed E-state index contributed by atoms with van der Waals surface area (Å²) in [5.41, 5.74) is 6.24. The van der Waals surface area contributed by atoms with Gasteiger partial charge in [0, 0.05) is 6.07 Å². The molecule has 0 atom stereocenters. The highest BCUT2D eigenvalue weighted by atomic mass is 16.5. The van der Waals surface area contributed by atoms with Gasteiger partial charge in [-0.2, -0.15) is 0 Å². The van der Waals surface area contributed by atoms with Crippen molar-refractivity contribution in [3.05, 3.63) is 17.8 Å². The number of methoxy groups -OCH3 is 1. The first kappa shape index (κ1) is 14.7. The lowest BCUT2D eigenvalue weighted by molar-refractivity contribution is 0.0592. The van der Waals surface area contributed by atoms with Crippen LogP contribution >= 0.6 is 0 Å². The van der Waals surface area contributed by atoms with Crippen LogP contribution in [0.4, 0.5) is 0 Å². The van der Waals surface area contributed by atoms with Crippen molar-refractivity contribution < 1.29 is 14.3 Å². The fourth-order valence-electron chi connectivity index (χ4n) is 2.41. The van der Waals surface area contributed by atoms with Crippen molar-refractivity contribution >= 4 is 5.97 Å². The SMILES string of the molecule is COC(=O)c1ccc(OCC2(N)CCCCCC2)nn1. The standard InChI is InChI=1S/C14H21N3O3/c1-19-13(18)11-6-7-12(17-16-11)20-10-14(15)8-4-2-3-5-9-14/h6-7H,2-5,8-10,15H2,1H3. The molecule has 1 heterocycles. The number of aromatic nitrogens is 2. The summed E-state index contributed by atoms with van der Waals surface area (Å²) in [5, 5.41) is 7.62. The van der Waals surface area contributed by atoms with E-state index in [-0.39, 0.29) is 11.2 Å². The minimum Gasteiger partial charge on any atom is -0.475 e. The van der Waals surface area contributed by atoms with E-state index in [9.17, 15) is 4.79 Å². The van der Waals surface area contributed by atoms with E-state index >= 15 is 0 Å². The molecule has 20 heavy (non-hydrogen) atoms. The number of carbonyl (C=O) groups is 1. The molecule has 0 bridgehead atoms. The smallest absolute Gasteiger partial charge is 0.358 e. The summed E-state index contributed by atoms with van der Waals surface area (Å²) in [6.45, 7) is 0.430. The quantitative estimate of drug-likeness (QED) is 0.666. The molecule has 2 N–H and O–H groups in total. The van der Waals surface area contributed by atoms with E-state index < -0.39 is 5.97 Å². The Morgan fingerprint density at radius 3 is 2.50 bits per heavy atom. The molecule has 0 aromatic carbocycles. The molecule has 6 heteroatoms. The maximum Gasteiger partial charge on any atom is 0.358 e. The summed E-state index contributed by atoms with van der Waals surface area (Å²) in [5.74, 6) is -0.130. The monoisotopic (exact) mass is 279 g/mol. The summed E-state index contributed by atoms with van der Waals surface area (Å²) in [4.78, 5) is 11.2. The Morgan fingerprint density at radius 1 is 1.25 bits per heavy atom. The van der Waals surface area contributed by atoms with Gasteiger partial charge in [0.25, 0.3) is 0 Å². The Morgan fingerprint density at radius 2 is 1.95 bits per heavy atom. The first-order chi connectivity index (χ1) is 9.63. The van der Waals surface area contributed by atoms with Crippen molar-refractivity contribution in [3.8, 4) is 5.88 Å². The number of nitrogens with two attached hydrogens (primary N) is 1. The maximum absolute atomic E-state index is 11.2. The number of esters is 1. The van der Waals surface area contributed by atoms with Gasteiger partial charge in [0.15, 0.2) is 5.69 Å². The lowest BCUT2D eigenvalue weighted by atomic mass is 9.93. The number of hydrogen-bond acceptors (Lipinski definition) is 6. The fourth-order valence-corrected chi connectivity index (χ4v) is 2.41. The summed E-state index contributed by atoms with van der Waals surface area (Å²) in [6.07, 6.45) is 6.72. The lowest BCUT2D eigenvalue weighted by Crippen LogP contribution is -2.45. The zero-order valence-corrected chi connectivity index (χ0v) is 11.8. The molecular formula is C14H21N3O3. The molecular weight excluding hydrogens is 258 g/mol. The van der Waals surface area contributed by atoms with Crippen LogP contribution in [-0.2, 0) is 4.74 Å². The van der Waals surface area contributed by atoms with Crippen LogP contribution in [0.3, 0.4) is 0 Å². The minimum atomic E-state index is -0.511. The molecule has 1 aliphatic carbocycles. The van der Waals surface area contributed by atoms with Crippen molar-refractivity contribution in [2.75, 3.05) is 13.7 Å². The summed E-state index contributed by atoms with van der Waals surface area (Å²) < 4.78 is 10.2. The van der Waals surface area contributed by atoms with Gasteiger partial charge in [-0.3, -0.25) is 0 Å². The van der Waals surface area contributed by atoms with Gasteiger partial charge >= 0.3 is 5.97 Å². The predicted molar refractivity (Wildman–Crippen MR) is 73.5 cm³/mol. The number of carbonyl (C=O) groups excluding carboxylic acids is 1. The van der Waals surface area contributed by atoms with Crippen molar-refractivity contribution in [1.29, 1.82) is 0 Å². The Kier molecular flexibility index (Phi) is 4.89. The number of hydrogen-bond donors (Lipinski definition) is 1. The predicted octanol–water partition coefficient (Wildman–Crippen LogP) is 1.69. The van der Waals surface area contributed by atoms with Gasteiger partial charge < -0.3 is 15.2 Å². The van der Waals surface area contributed by atoms with Gasteiger partial charge in [0.2, 0.25) is 5.88 Å². The molecule has 1 saturated carbocycles. The van der Waals surface area contributed by atoms with Crippen LogP contribution in [0.5, 0.6) is 5.88 Å². The normalized spacial score (nSPS) is 18.1. The van der Waals surface area contributed by atoms with Crippen LogP contribution in [0.1, 0.15) is 49.0 Å². The molecule has 1 aromatic rings. The number of rotatable bonds is 4. The van der Waals surface area contributed by atoms with E-state index in [1.54, 1.807) is 6.07 Å². The van der Waals surface area contributed by atoms with E-state index in [0.29, 0.717) is 12.5 Å². The molecule has 1 aromatic heterocycles. The van der Waals surface area contributed by atoms with Crippen LogP contribution in [0.15, 0.2) is 12.1 Å². The molecule has 1 aliphatic rings. The molecule has 2 rings (SSSR count). The molecule has 0 saturated heterocycles. The average Bonchev–Trinajstić information content (AvgIpc) is 2.70. The zero-order valence-electron chi connectivity index (χ0n) is 11.8. The molecule has 0 aliphatic heterocycles. The average molecular weight is 279 g/mol. The van der Waals surface area contributed by atoms with E-state index in [2.05, 4.69) is 14.9 Å². The first-order valence-corrected chi connectivity index (χ1v) is 6.97. The van der Waals surface area contributed by atoms with Crippen LogP contribution in [0.25, 0.3) is 0 Å². The van der Waals surface area contributed by atoms with Crippen molar-refractivity contribution in [1.82, 2.24) is 10.2 Å². The van der Waals surface area contributed by atoms with Crippen molar-refractivity contribution in [3.63, 3.8) is 0 Å². The van der Waals surface area contributed by atoms with Crippen LogP contribution in [0, 0.1) is 0 Å². The third-order valence-corrected chi connectivity index (χ3v) is 3.64. The summed E-state index contributed by atoms with van der Waals surface area (Å²) in [7, 11) is 1.30. The molecule has 110 valence electrons. The molecule has 0 amide bonds. The van der Waals surface area contributed by atoms with Crippen LogP contribution in [0.2, 0.25) is 0 Å².